The monoisotopic (exact) mass is 429 g/mol. The number of halogens is 1. The van der Waals surface area contributed by atoms with E-state index in [0.29, 0.717) is 22.9 Å². The number of aromatic nitrogens is 1. The SMILES string of the molecule is Cc1oc(-c2ccc(Cl)cc2)nc1CN1CCC(C(=O)N[C@H]2CCCC[C@H]2C)CC1. The molecule has 5 nitrogen and oxygen atoms in total. The van der Waals surface area contributed by atoms with Crippen molar-refractivity contribution in [3.63, 3.8) is 0 Å². The molecule has 0 bridgehead atoms. The number of rotatable bonds is 5. The van der Waals surface area contributed by atoms with Crippen molar-refractivity contribution < 1.29 is 9.21 Å². The molecular formula is C24H32ClN3O2. The Morgan fingerprint density at radius 2 is 1.87 bits per heavy atom. The minimum absolute atomic E-state index is 0.137. The van der Waals surface area contributed by atoms with Crippen molar-refractivity contribution in [1.29, 1.82) is 0 Å². The van der Waals surface area contributed by atoms with E-state index in [1.54, 1.807) is 0 Å². The fourth-order valence-electron chi connectivity index (χ4n) is 4.69. The highest BCUT2D eigenvalue weighted by Crippen LogP contribution is 2.27. The van der Waals surface area contributed by atoms with E-state index in [1.165, 1.54) is 19.3 Å². The molecule has 2 fully saturated rings. The molecule has 1 saturated carbocycles. The van der Waals surface area contributed by atoms with E-state index in [2.05, 4.69) is 17.1 Å². The zero-order valence-electron chi connectivity index (χ0n) is 18.0. The predicted molar refractivity (Wildman–Crippen MR) is 119 cm³/mol. The van der Waals surface area contributed by atoms with Crippen LogP contribution in [0.1, 0.15) is 56.9 Å². The Balaban J connectivity index is 1.29. The zero-order valence-corrected chi connectivity index (χ0v) is 18.8. The average Bonchev–Trinajstić information content (AvgIpc) is 3.11. The van der Waals surface area contributed by atoms with Gasteiger partial charge in [0.15, 0.2) is 0 Å². The molecule has 0 unspecified atom stereocenters. The number of nitrogens with zero attached hydrogens (tertiary/aromatic N) is 2. The third-order valence-electron chi connectivity index (χ3n) is 6.75. The highest BCUT2D eigenvalue weighted by Gasteiger charge is 2.29. The van der Waals surface area contributed by atoms with Gasteiger partial charge in [0, 0.05) is 29.1 Å². The number of amides is 1. The molecule has 1 amide bonds. The van der Waals surface area contributed by atoms with Crippen LogP contribution in [0.4, 0.5) is 0 Å². The number of carbonyl (C=O) groups is 1. The minimum atomic E-state index is 0.137. The minimum Gasteiger partial charge on any atom is -0.441 e. The summed E-state index contributed by atoms with van der Waals surface area (Å²) in [6, 6.07) is 7.91. The van der Waals surface area contributed by atoms with E-state index in [0.717, 1.165) is 55.9 Å². The summed E-state index contributed by atoms with van der Waals surface area (Å²) in [5, 5.41) is 4.04. The molecule has 1 aromatic carbocycles. The second-order valence-corrected chi connectivity index (χ2v) is 9.39. The van der Waals surface area contributed by atoms with Crippen LogP contribution in [0.15, 0.2) is 28.7 Å². The van der Waals surface area contributed by atoms with Gasteiger partial charge in [-0.1, -0.05) is 31.4 Å². The maximum Gasteiger partial charge on any atom is 0.226 e. The van der Waals surface area contributed by atoms with Gasteiger partial charge >= 0.3 is 0 Å². The van der Waals surface area contributed by atoms with Gasteiger partial charge in [0.05, 0.1) is 5.69 Å². The van der Waals surface area contributed by atoms with Crippen LogP contribution in [-0.4, -0.2) is 34.9 Å². The Bertz CT molecular complexity index is 856. The first kappa shape index (κ1) is 21.4. The average molecular weight is 430 g/mol. The quantitative estimate of drug-likeness (QED) is 0.708. The molecule has 1 N–H and O–H groups in total. The fourth-order valence-corrected chi connectivity index (χ4v) is 4.81. The summed E-state index contributed by atoms with van der Waals surface area (Å²) in [6.45, 7) is 6.83. The Morgan fingerprint density at radius 3 is 2.57 bits per heavy atom. The van der Waals surface area contributed by atoms with E-state index in [-0.39, 0.29) is 11.8 Å². The summed E-state index contributed by atoms with van der Waals surface area (Å²) in [4.78, 5) is 19.8. The van der Waals surface area contributed by atoms with Crippen molar-refractivity contribution in [2.24, 2.45) is 11.8 Å². The summed E-state index contributed by atoms with van der Waals surface area (Å²) in [5.74, 6) is 2.49. The Kier molecular flexibility index (Phi) is 6.79. The van der Waals surface area contributed by atoms with Crippen molar-refractivity contribution in [1.82, 2.24) is 15.2 Å². The fraction of sp³-hybridized carbons (Fsp3) is 0.583. The number of likely N-dealkylation sites (tertiary alicyclic amines) is 1. The highest BCUT2D eigenvalue weighted by molar-refractivity contribution is 6.30. The van der Waals surface area contributed by atoms with E-state index >= 15 is 0 Å². The van der Waals surface area contributed by atoms with E-state index in [1.807, 2.05) is 31.2 Å². The third kappa shape index (κ3) is 5.06. The zero-order chi connectivity index (χ0) is 21.1. The van der Waals surface area contributed by atoms with E-state index < -0.39 is 0 Å². The molecule has 1 aliphatic heterocycles. The van der Waals surface area contributed by atoms with Crippen molar-refractivity contribution in [3.05, 3.63) is 40.7 Å². The number of nitrogens with one attached hydrogen (secondary N) is 1. The smallest absolute Gasteiger partial charge is 0.226 e. The number of aryl methyl sites for hydroxylation is 1. The van der Waals surface area contributed by atoms with Gasteiger partial charge in [0.1, 0.15) is 5.76 Å². The lowest BCUT2D eigenvalue weighted by molar-refractivity contribution is -0.127. The van der Waals surface area contributed by atoms with Crippen LogP contribution < -0.4 is 5.32 Å². The Labute approximate surface area is 184 Å². The number of hydrogen-bond donors (Lipinski definition) is 1. The summed E-state index contributed by atoms with van der Waals surface area (Å²) in [7, 11) is 0. The number of hydrogen-bond acceptors (Lipinski definition) is 4. The summed E-state index contributed by atoms with van der Waals surface area (Å²) in [5.41, 5.74) is 1.90. The van der Waals surface area contributed by atoms with Crippen LogP contribution in [0, 0.1) is 18.8 Å². The van der Waals surface area contributed by atoms with Crippen molar-refractivity contribution in [2.75, 3.05) is 13.1 Å². The van der Waals surface area contributed by atoms with Gasteiger partial charge in [-0.15, -0.1) is 0 Å². The molecule has 2 aromatic rings. The molecule has 1 aromatic heterocycles. The molecule has 2 atom stereocenters. The van der Waals surface area contributed by atoms with Gasteiger partial charge in [0.25, 0.3) is 0 Å². The normalized spacial score (nSPS) is 23.4. The lowest BCUT2D eigenvalue weighted by Gasteiger charge is -2.34. The first-order chi connectivity index (χ1) is 14.5. The molecule has 1 aliphatic carbocycles. The molecule has 2 aliphatic rings. The van der Waals surface area contributed by atoms with Crippen LogP contribution in [0.3, 0.4) is 0 Å². The maximum absolute atomic E-state index is 12.7. The summed E-state index contributed by atoms with van der Waals surface area (Å²) < 4.78 is 5.89. The molecular weight excluding hydrogens is 398 g/mol. The second-order valence-electron chi connectivity index (χ2n) is 8.96. The van der Waals surface area contributed by atoms with Gasteiger partial charge < -0.3 is 9.73 Å². The number of piperidine rings is 1. The van der Waals surface area contributed by atoms with Gasteiger partial charge in [-0.05, 0) is 75.9 Å². The molecule has 4 rings (SSSR count). The molecule has 6 heteroatoms. The number of carbonyl (C=O) groups excluding carboxylic acids is 1. The van der Waals surface area contributed by atoms with Gasteiger partial charge in [-0.25, -0.2) is 4.98 Å². The van der Waals surface area contributed by atoms with Crippen LogP contribution in [-0.2, 0) is 11.3 Å². The standard InChI is InChI=1S/C24H32ClN3O2/c1-16-5-3-4-6-21(16)26-23(29)18-11-13-28(14-12-18)15-22-17(2)30-24(27-22)19-7-9-20(25)10-8-19/h7-10,16,18,21H,3-6,11-15H2,1-2H3,(H,26,29)/t16-,21+/m1/s1. The van der Waals surface area contributed by atoms with E-state index in [4.69, 9.17) is 21.0 Å². The van der Waals surface area contributed by atoms with Crippen LogP contribution in [0.25, 0.3) is 11.5 Å². The lowest BCUT2D eigenvalue weighted by atomic mass is 9.85. The first-order valence-electron chi connectivity index (χ1n) is 11.2. The summed E-state index contributed by atoms with van der Waals surface area (Å²) >= 11 is 5.97. The Hall–Kier alpha value is -1.85. The molecule has 0 spiro atoms. The van der Waals surface area contributed by atoms with Gasteiger partial charge in [-0.3, -0.25) is 9.69 Å². The molecule has 30 heavy (non-hydrogen) atoms. The largest absolute Gasteiger partial charge is 0.441 e. The topological polar surface area (TPSA) is 58.4 Å². The van der Waals surface area contributed by atoms with Gasteiger partial charge in [-0.2, -0.15) is 0 Å². The second kappa shape index (κ2) is 9.52. The molecule has 162 valence electrons. The van der Waals surface area contributed by atoms with E-state index in [9.17, 15) is 4.79 Å². The lowest BCUT2D eigenvalue weighted by Crippen LogP contribution is -2.46. The summed E-state index contributed by atoms with van der Waals surface area (Å²) in [6.07, 6.45) is 6.73. The predicted octanol–water partition coefficient (Wildman–Crippen LogP) is 5.21. The maximum atomic E-state index is 12.7. The van der Waals surface area contributed by atoms with Crippen molar-refractivity contribution in [3.8, 4) is 11.5 Å². The van der Waals surface area contributed by atoms with Crippen LogP contribution in [0.5, 0.6) is 0 Å². The molecule has 0 radical (unpaired) electrons. The molecule has 1 saturated heterocycles. The van der Waals surface area contributed by atoms with Crippen molar-refractivity contribution >= 4 is 17.5 Å². The van der Waals surface area contributed by atoms with Crippen LogP contribution >= 0.6 is 11.6 Å². The molecule has 2 heterocycles. The Morgan fingerprint density at radius 1 is 1.17 bits per heavy atom. The van der Waals surface area contributed by atoms with Gasteiger partial charge in [0.2, 0.25) is 11.8 Å². The third-order valence-corrected chi connectivity index (χ3v) is 7.01. The van der Waals surface area contributed by atoms with Crippen molar-refractivity contribution in [2.45, 2.75) is 65.0 Å². The number of benzene rings is 1. The number of oxazole rings is 1. The highest BCUT2D eigenvalue weighted by atomic mass is 35.5. The first-order valence-corrected chi connectivity index (χ1v) is 11.6. The van der Waals surface area contributed by atoms with Crippen LogP contribution in [0.2, 0.25) is 5.02 Å².